The molecule has 1 fully saturated rings. The minimum Gasteiger partial charge on any atom is -0.483 e. The van der Waals surface area contributed by atoms with Gasteiger partial charge >= 0.3 is 0 Å². The maximum Gasteiger partial charge on any atom is 0.240 e. The zero-order valence-electron chi connectivity index (χ0n) is 15.2. The van der Waals surface area contributed by atoms with Gasteiger partial charge in [-0.05, 0) is 25.8 Å². The summed E-state index contributed by atoms with van der Waals surface area (Å²) in [6.45, 7) is 2.97. The molecule has 0 aliphatic carbocycles. The van der Waals surface area contributed by atoms with Gasteiger partial charge in [-0.25, -0.2) is 4.39 Å². The number of nitrogens with one attached hydrogen (secondary N) is 1. The van der Waals surface area contributed by atoms with E-state index in [-0.39, 0.29) is 36.3 Å². The molecule has 0 spiro atoms. The minimum atomic E-state index is -0.390. The van der Waals surface area contributed by atoms with E-state index in [0.29, 0.717) is 17.8 Å². The van der Waals surface area contributed by atoms with Crippen LogP contribution in [0.25, 0.3) is 0 Å². The molecule has 7 heteroatoms. The molecule has 1 aromatic heterocycles. The Kier molecular flexibility index (Phi) is 6.24. The molecule has 6 nitrogen and oxygen atoms in total. The Morgan fingerprint density at radius 3 is 2.96 bits per heavy atom. The van der Waals surface area contributed by atoms with Crippen LogP contribution in [-0.2, 0) is 22.7 Å². The van der Waals surface area contributed by atoms with Crippen molar-refractivity contribution in [3.63, 3.8) is 0 Å². The van der Waals surface area contributed by atoms with Gasteiger partial charge in [0.2, 0.25) is 11.3 Å². The van der Waals surface area contributed by atoms with Crippen molar-refractivity contribution >= 4 is 5.91 Å². The minimum absolute atomic E-state index is 0.0593. The molecule has 2 heterocycles. The second kappa shape index (κ2) is 8.81. The maximum atomic E-state index is 13.7. The van der Waals surface area contributed by atoms with E-state index in [4.69, 9.17) is 9.47 Å². The number of amides is 1. The molecule has 1 aliphatic heterocycles. The van der Waals surface area contributed by atoms with E-state index in [2.05, 4.69) is 5.32 Å². The second-order valence-electron chi connectivity index (χ2n) is 6.59. The zero-order chi connectivity index (χ0) is 19.2. The van der Waals surface area contributed by atoms with Crippen molar-refractivity contribution in [3.8, 4) is 5.75 Å². The lowest BCUT2D eigenvalue weighted by atomic mass is 10.2. The molecule has 27 heavy (non-hydrogen) atoms. The highest BCUT2D eigenvalue weighted by Gasteiger charge is 2.16. The van der Waals surface area contributed by atoms with Crippen molar-refractivity contribution < 1.29 is 18.7 Å². The number of ether oxygens (including phenoxy) is 2. The third-order valence-electron chi connectivity index (χ3n) is 4.51. The highest BCUT2D eigenvalue weighted by Crippen LogP contribution is 2.13. The first-order chi connectivity index (χ1) is 13.0. The summed E-state index contributed by atoms with van der Waals surface area (Å²) >= 11 is 0. The van der Waals surface area contributed by atoms with Crippen LogP contribution in [0.5, 0.6) is 5.75 Å². The monoisotopic (exact) mass is 374 g/mol. The normalized spacial score (nSPS) is 16.3. The fourth-order valence-corrected chi connectivity index (χ4v) is 2.94. The van der Waals surface area contributed by atoms with Crippen LogP contribution in [-0.4, -0.2) is 29.7 Å². The molecule has 0 saturated carbocycles. The molecule has 1 aromatic carbocycles. The van der Waals surface area contributed by atoms with Crippen LogP contribution in [0.1, 0.15) is 24.1 Å². The van der Waals surface area contributed by atoms with Gasteiger partial charge < -0.3 is 19.4 Å². The van der Waals surface area contributed by atoms with E-state index >= 15 is 0 Å². The Bertz CT molecular complexity index is 859. The lowest BCUT2D eigenvalue weighted by Gasteiger charge is -2.15. The average Bonchev–Trinajstić information content (AvgIpc) is 3.16. The van der Waals surface area contributed by atoms with Gasteiger partial charge in [0.15, 0.2) is 5.75 Å². The number of carbonyl (C=O) groups excluding carboxylic acids is 1. The molecular formula is C20H23FN2O4. The molecule has 1 unspecified atom stereocenters. The van der Waals surface area contributed by atoms with Gasteiger partial charge in [-0.2, -0.15) is 0 Å². The van der Waals surface area contributed by atoms with Gasteiger partial charge in [-0.3, -0.25) is 9.59 Å². The van der Waals surface area contributed by atoms with E-state index in [1.165, 1.54) is 18.3 Å². The van der Waals surface area contributed by atoms with Crippen molar-refractivity contribution in [1.82, 2.24) is 9.88 Å². The van der Waals surface area contributed by atoms with Crippen molar-refractivity contribution in [2.24, 2.45) is 0 Å². The van der Waals surface area contributed by atoms with Crippen molar-refractivity contribution in [1.29, 1.82) is 0 Å². The SMILES string of the molecule is Cc1cc(=O)c(OCc2ccccc2F)cn1CC(=O)NCC1CCCO1. The van der Waals surface area contributed by atoms with Crippen LogP contribution in [0.4, 0.5) is 4.39 Å². The number of carbonyl (C=O) groups is 1. The average molecular weight is 374 g/mol. The Morgan fingerprint density at radius 2 is 2.22 bits per heavy atom. The highest BCUT2D eigenvalue weighted by atomic mass is 19.1. The van der Waals surface area contributed by atoms with E-state index in [1.54, 1.807) is 29.7 Å². The third-order valence-corrected chi connectivity index (χ3v) is 4.51. The maximum absolute atomic E-state index is 13.7. The number of hydrogen-bond acceptors (Lipinski definition) is 4. The molecule has 3 rings (SSSR count). The number of aryl methyl sites for hydroxylation is 1. The third kappa shape index (κ3) is 5.17. The number of benzene rings is 1. The van der Waals surface area contributed by atoms with Gasteiger partial charge in [0.1, 0.15) is 19.0 Å². The second-order valence-corrected chi connectivity index (χ2v) is 6.59. The van der Waals surface area contributed by atoms with E-state index in [9.17, 15) is 14.0 Å². The number of halogens is 1. The summed E-state index contributed by atoms with van der Waals surface area (Å²) in [7, 11) is 0. The van der Waals surface area contributed by atoms with Crippen LogP contribution in [0.15, 0.2) is 41.3 Å². The number of hydrogen-bond donors (Lipinski definition) is 1. The predicted molar refractivity (Wildman–Crippen MR) is 98.2 cm³/mol. The molecule has 2 aromatic rings. The topological polar surface area (TPSA) is 69.6 Å². The lowest BCUT2D eigenvalue weighted by Crippen LogP contribution is -2.34. The van der Waals surface area contributed by atoms with Crippen molar-refractivity contribution in [3.05, 3.63) is 63.8 Å². The quantitative estimate of drug-likeness (QED) is 0.806. The lowest BCUT2D eigenvalue weighted by molar-refractivity contribution is -0.122. The molecule has 144 valence electrons. The Hall–Kier alpha value is -2.67. The molecule has 1 N–H and O–H groups in total. The number of nitrogens with zero attached hydrogens (tertiary/aromatic N) is 1. The summed E-state index contributed by atoms with van der Waals surface area (Å²) < 4.78 is 26.3. The fraction of sp³-hybridized carbons (Fsp3) is 0.400. The molecular weight excluding hydrogens is 351 g/mol. The summed E-state index contributed by atoms with van der Waals surface area (Å²) in [6, 6.07) is 7.63. The standard InChI is InChI=1S/C20H23FN2O4/c1-14-9-18(24)19(27-13-15-5-2-3-7-17(15)21)11-23(14)12-20(25)22-10-16-6-4-8-26-16/h2-3,5,7,9,11,16H,4,6,8,10,12-13H2,1H3,(H,22,25). The fourth-order valence-electron chi connectivity index (χ4n) is 2.94. The highest BCUT2D eigenvalue weighted by molar-refractivity contribution is 5.75. The zero-order valence-corrected chi connectivity index (χ0v) is 15.2. The van der Waals surface area contributed by atoms with E-state index < -0.39 is 5.82 Å². The van der Waals surface area contributed by atoms with Gasteiger partial charge in [-0.15, -0.1) is 0 Å². The van der Waals surface area contributed by atoms with Gasteiger partial charge in [0.05, 0.1) is 12.3 Å². The molecule has 1 aliphatic rings. The number of pyridine rings is 1. The van der Waals surface area contributed by atoms with Gasteiger partial charge in [0.25, 0.3) is 0 Å². The van der Waals surface area contributed by atoms with Crippen molar-refractivity contribution in [2.45, 2.75) is 39.0 Å². The summed E-state index contributed by atoms with van der Waals surface area (Å²) in [4.78, 5) is 24.3. The Balaban J connectivity index is 1.63. The van der Waals surface area contributed by atoms with Crippen LogP contribution in [0.3, 0.4) is 0 Å². The van der Waals surface area contributed by atoms with Gasteiger partial charge in [-0.1, -0.05) is 18.2 Å². The summed E-state index contributed by atoms with van der Waals surface area (Å²) in [5, 5.41) is 2.85. The molecule has 0 bridgehead atoms. The summed E-state index contributed by atoms with van der Waals surface area (Å²) in [5.41, 5.74) is 0.698. The van der Waals surface area contributed by atoms with E-state index in [1.807, 2.05) is 0 Å². The summed E-state index contributed by atoms with van der Waals surface area (Å²) in [6.07, 6.45) is 3.53. The predicted octanol–water partition coefficient (Wildman–Crippen LogP) is 2.17. The summed E-state index contributed by atoms with van der Waals surface area (Å²) in [5.74, 6) is -0.480. The largest absolute Gasteiger partial charge is 0.483 e. The van der Waals surface area contributed by atoms with E-state index in [0.717, 1.165) is 19.4 Å². The molecule has 1 atom stereocenters. The first kappa shape index (κ1) is 19.1. The smallest absolute Gasteiger partial charge is 0.240 e. The molecule has 1 amide bonds. The Labute approximate surface area is 156 Å². The van der Waals surface area contributed by atoms with Crippen LogP contribution < -0.4 is 15.5 Å². The first-order valence-electron chi connectivity index (χ1n) is 8.98. The Morgan fingerprint density at radius 1 is 1.41 bits per heavy atom. The van der Waals surface area contributed by atoms with Crippen molar-refractivity contribution in [2.75, 3.05) is 13.2 Å². The molecule has 0 radical (unpaired) electrons. The first-order valence-corrected chi connectivity index (χ1v) is 8.98. The van der Waals surface area contributed by atoms with Crippen LogP contribution >= 0.6 is 0 Å². The number of rotatable bonds is 7. The number of aromatic nitrogens is 1. The van der Waals surface area contributed by atoms with Gasteiger partial charge in [0, 0.05) is 30.5 Å². The molecule has 1 saturated heterocycles. The van der Waals surface area contributed by atoms with Crippen LogP contribution in [0.2, 0.25) is 0 Å². The van der Waals surface area contributed by atoms with Crippen LogP contribution in [0, 0.1) is 12.7 Å².